The second-order valence-corrected chi connectivity index (χ2v) is 5.43. The van der Waals surface area contributed by atoms with Gasteiger partial charge in [0.25, 0.3) is 11.8 Å². The molecule has 1 aliphatic rings. The van der Waals surface area contributed by atoms with Crippen LogP contribution in [-0.4, -0.2) is 33.0 Å². The van der Waals surface area contributed by atoms with Crippen molar-refractivity contribution in [2.24, 2.45) is 0 Å². The zero-order valence-electron chi connectivity index (χ0n) is 12.9. The predicted molar refractivity (Wildman–Crippen MR) is 79.5 cm³/mol. The van der Waals surface area contributed by atoms with Crippen LogP contribution >= 0.6 is 0 Å². The molecule has 7 nitrogen and oxygen atoms in total. The number of amides is 2. The lowest BCUT2D eigenvalue weighted by atomic mass is 10.00. The third-order valence-electron chi connectivity index (χ3n) is 3.91. The summed E-state index contributed by atoms with van der Waals surface area (Å²) < 4.78 is 0. The minimum absolute atomic E-state index is 0.230. The quantitative estimate of drug-likeness (QED) is 0.873. The summed E-state index contributed by atoms with van der Waals surface area (Å²) in [4.78, 5) is 41.8. The molecule has 7 heteroatoms. The highest BCUT2D eigenvalue weighted by molar-refractivity contribution is 6.20. The summed E-state index contributed by atoms with van der Waals surface area (Å²) in [5.74, 6) is -2.61. The Balaban J connectivity index is 1.82. The number of rotatable bonds is 3. The molecule has 0 saturated heterocycles. The second kappa shape index (κ2) is 5.35. The molecule has 0 bridgehead atoms. The monoisotopic (exact) mass is 313 g/mol. The van der Waals surface area contributed by atoms with Gasteiger partial charge < -0.3 is 4.84 Å². The van der Waals surface area contributed by atoms with Gasteiger partial charge in [0.1, 0.15) is 0 Å². The number of hydrogen-bond acceptors (Lipinski definition) is 5. The summed E-state index contributed by atoms with van der Waals surface area (Å²) in [6, 6.07) is 6.35. The number of aromatic amines is 1. The molecule has 1 aromatic heterocycles. The molecule has 0 fully saturated rings. The Kier molecular flexibility index (Phi) is 3.48. The average Bonchev–Trinajstić information content (AvgIpc) is 2.99. The zero-order chi connectivity index (χ0) is 16.7. The summed E-state index contributed by atoms with van der Waals surface area (Å²) in [5.41, 5.74) is 2.58. The highest BCUT2D eigenvalue weighted by Crippen LogP contribution is 2.26. The minimum atomic E-state index is -0.688. The first-order valence-electron chi connectivity index (χ1n) is 7.13. The lowest BCUT2D eigenvalue weighted by molar-refractivity contribution is -0.170. The number of nitrogens with zero attached hydrogens (tertiary/aromatic N) is 2. The van der Waals surface area contributed by atoms with Crippen molar-refractivity contribution >= 4 is 17.8 Å². The van der Waals surface area contributed by atoms with Gasteiger partial charge in [-0.3, -0.25) is 14.7 Å². The maximum atomic E-state index is 12.3. The van der Waals surface area contributed by atoms with Crippen LogP contribution in [0.3, 0.4) is 0 Å². The molecule has 0 saturated carbocycles. The van der Waals surface area contributed by atoms with Crippen molar-refractivity contribution in [1.82, 2.24) is 15.3 Å². The lowest BCUT2D eigenvalue weighted by Crippen LogP contribution is -2.34. The van der Waals surface area contributed by atoms with Crippen molar-refractivity contribution in [3.63, 3.8) is 0 Å². The van der Waals surface area contributed by atoms with Crippen LogP contribution in [-0.2, 0) is 9.63 Å². The molecule has 2 aromatic rings. The third-order valence-corrected chi connectivity index (χ3v) is 3.91. The first-order chi connectivity index (χ1) is 10.9. The predicted octanol–water partition coefficient (Wildman–Crippen LogP) is 1.88. The van der Waals surface area contributed by atoms with Crippen LogP contribution in [0.25, 0.3) is 0 Å². The van der Waals surface area contributed by atoms with Crippen LogP contribution < -0.4 is 0 Å². The summed E-state index contributed by atoms with van der Waals surface area (Å²) >= 11 is 0. The minimum Gasteiger partial charge on any atom is -0.329 e. The molecule has 0 aliphatic carbocycles. The molecule has 1 unspecified atom stereocenters. The van der Waals surface area contributed by atoms with Crippen LogP contribution in [0.4, 0.5) is 0 Å². The van der Waals surface area contributed by atoms with E-state index in [0.717, 1.165) is 5.69 Å². The topological polar surface area (TPSA) is 92.4 Å². The standard InChI is InChI=1S/C16H15N3O4/c1-8(13-9(2)17-18-10(13)3)16(22)23-19-14(20)11-6-4-5-7-12(11)15(19)21/h4-8H,1-3H3,(H,17,18). The van der Waals surface area contributed by atoms with E-state index in [4.69, 9.17) is 4.84 Å². The van der Waals surface area contributed by atoms with E-state index in [1.165, 1.54) is 12.1 Å². The highest BCUT2D eigenvalue weighted by Gasteiger charge is 2.39. The van der Waals surface area contributed by atoms with Crippen molar-refractivity contribution in [3.05, 3.63) is 52.3 Å². The average molecular weight is 313 g/mol. The van der Waals surface area contributed by atoms with Gasteiger partial charge >= 0.3 is 5.97 Å². The number of hydrogen-bond donors (Lipinski definition) is 1. The zero-order valence-corrected chi connectivity index (χ0v) is 12.9. The maximum Gasteiger partial charge on any atom is 0.340 e. The van der Waals surface area contributed by atoms with Crippen LogP contribution in [0.15, 0.2) is 24.3 Å². The SMILES string of the molecule is Cc1n[nH]c(C)c1C(C)C(=O)ON1C(=O)c2ccccc2C1=O. The van der Waals surface area contributed by atoms with Gasteiger partial charge in [-0.15, -0.1) is 0 Å². The molecule has 118 valence electrons. The molecule has 1 aromatic carbocycles. The maximum absolute atomic E-state index is 12.3. The smallest absolute Gasteiger partial charge is 0.329 e. The third kappa shape index (κ3) is 2.30. The van der Waals surface area contributed by atoms with E-state index in [1.54, 1.807) is 32.9 Å². The van der Waals surface area contributed by atoms with Gasteiger partial charge in [-0.25, -0.2) is 4.79 Å². The number of aromatic nitrogens is 2. The summed E-state index contributed by atoms with van der Waals surface area (Å²) in [7, 11) is 0. The van der Waals surface area contributed by atoms with E-state index in [9.17, 15) is 14.4 Å². The van der Waals surface area contributed by atoms with Crippen molar-refractivity contribution in [3.8, 4) is 0 Å². The number of nitrogens with one attached hydrogen (secondary N) is 1. The number of fused-ring (bicyclic) bond motifs is 1. The Morgan fingerprint density at radius 2 is 1.74 bits per heavy atom. The van der Waals surface area contributed by atoms with Crippen LogP contribution in [0.2, 0.25) is 0 Å². The lowest BCUT2D eigenvalue weighted by Gasteiger charge is -2.16. The molecule has 2 amide bonds. The number of H-pyrrole nitrogens is 1. The molecule has 3 rings (SSSR count). The first-order valence-corrected chi connectivity index (χ1v) is 7.13. The molecular formula is C16H15N3O4. The van der Waals surface area contributed by atoms with Gasteiger partial charge in [-0.1, -0.05) is 17.2 Å². The Hall–Kier alpha value is -2.96. The molecule has 1 aliphatic heterocycles. The summed E-state index contributed by atoms with van der Waals surface area (Å²) in [5, 5.41) is 7.35. The summed E-state index contributed by atoms with van der Waals surface area (Å²) in [6.45, 7) is 5.21. The van der Waals surface area contributed by atoms with Crippen LogP contribution in [0.1, 0.15) is 50.5 Å². The van der Waals surface area contributed by atoms with Gasteiger partial charge in [0, 0.05) is 11.3 Å². The van der Waals surface area contributed by atoms with Crippen LogP contribution in [0.5, 0.6) is 0 Å². The van der Waals surface area contributed by atoms with Gasteiger partial charge in [0.2, 0.25) is 0 Å². The Morgan fingerprint density at radius 1 is 1.17 bits per heavy atom. The Morgan fingerprint density at radius 3 is 2.22 bits per heavy atom. The van der Waals surface area contributed by atoms with Gasteiger partial charge in [-0.05, 0) is 32.9 Å². The number of hydroxylamine groups is 2. The Labute approximate surface area is 132 Å². The fraction of sp³-hybridized carbons (Fsp3) is 0.250. The normalized spacial score (nSPS) is 14.8. The molecular weight excluding hydrogens is 298 g/mol. The molecule has 0 radical (unpaired) electrons. The van der Waals surface area contributed by atoms with E-state index in [-0.39, 0.29) is 11.1 Å². The van der Waals surface area contributed by atoms with E-state index in [0.29, 0.717) is 16.3 Å². The molecule has 23 heavy (non-hydrogen) atoms. The number of carbonyl (C=O) groups excluding carboxylic acids is 3. The number of aryl methyl sites for hydroxylation is 2. The molecule has 1 atom stereocenters. The van der Waals surface area contributed by atoms with Gasteiger partial charge in [0.15, 0.2) is 0 Å². The van der Waals surface area contributed by atoms with E-state index >= 15 is 0 Å². The number of benzene rings is 1. The van der Waals surface area contributed by atoms with Crippen molar-refractivity contribution < 1.29 is 19.2 Å². The number of imide groups is 1. The van der Waals surface area contributed by atoms with Gasteiger partial charge in [0.05, 0.1) is 22.7 Å². The largest absolute Gasteiger partial charge is 0.340 e. The fourth-order valence-electron chi connectivity index (χ4n) is 2.73. The van der Waals surface area contributed by atoms with E-state index < -0.39 is 23.7 Å². The molecule has 1 N–H and O–H groups in total. The highest BCUT2D eigenvalue weighted by atomic mass is 16.7. The van der Waals surface area contributed by atoms with Crippen molar-refractivity contribution in [2.75, 3.05) is 0 Å². The second-order valence-electron chi connectivity index (χ2n) is 5.43. The summed E-state index contributed by atoms with van der Waals surface area (Å²) in [6.07, 6.45) is 0. The Bertz CT molecular complexity index is 770. The van der Waals surface area contributed by atoms with E-state index in [1.807, 2.05) is 0 Å². The van der Waals surface area contributed by atoms with Gasteiger partial charge in [-0.2, -0.15) is 5.10 Å². The molecule has 2 heterocycles. The van der Waals surface area contributed by atoms with E-state index in [2.05, 4.69) is 10.2 Å². The fourth-order valence-corrected chi connectivity index (χ4v) is 2.73. The first kappa shape index (κ1) is 15.0. The van der Waals surface area contributed by atoms with Crippen molar-refractivity contribution in [2.45, 2.75) is 26.7 Å². The number of carbonyl (C=O) groups is 3. The van der Waals surface area contributed by atoms with Crippen LogP contribution in [0, 0.1) is 13.8 Å². The van der Waals surface area contributed by atoms with Crippen molar-refractivity contribution in [1.29, 1.82) is 0 Å². The molecule has 0 spiro atoms.